The van der Waals surface area contributed by atoms with Gasteiger partial charge in [-0.05, 0) is 47.2 Å². The second kappa shape index (κ2) is 4.91. The molecule has 1 aliphatic heterocycles. The lowest BCUT2D eigenvalue weighted by atomic mass is 9.92. The minimum absolute atomic E-state index is 0.583. The standard InChI is InChI=1S/C16H18N2/c1-12-10-18-8-6-13-4-5-14(9-16(12)13)15-3-2-7-17-11-15/h2-5,7,9,11-12,18H,6,8,10H2,1H3/t12-/m0/s1. The van der Waals surface area contributed by atoms with Crippen LogP contribution in [0.15, 0.2) is 42.7 Å². The maximum absolute atomic E-state index is 4.20. The van der Waals surface area contributed by atoms with Gasteiger partial charge < -0.3 is 5.32 Å². The van der Waals surface area contributed by atoms with Crippen LogP contribution in [-0.2, 0) is 6.42 Å². The zero-order chi connectivity index (χ0) is 12.4. The number of aromatic nitrogens is 1. The predicted octanol–water partition coefficient (Wildman–Crippen LogP) is 3.00. The van der Waals surface area contributed by atoms with Gasteiger partial charge in [0.25, 0.3) is 0 Å². The van der Waals surface area contributed by atoms with Crippen molar-refractivity contribution in [1.29, 1.82) is 0 Å². The average molecular weight is 238 g/mol. The van der Waals surface area contributed by atoms with Crippen molar-refractivity contribution in [3.8, 4) is 11.1 Å². The van der Waals surface area contributed by atoms with Crippen molar-refractivity contribution < 1.29 is 0 Å². The van der Waals surface area contributed by atoms with Crippen LogP contribution in [0.4, 0.5) is 0 Å². The third-order valence-corrected chi connectivity index (χ3v) is 3.69. The van der Waals surface area contributed by atoms with E-state index in [1.165, 1.54) is 22.3 Å². The van der Waals surface area contributed by atoms with Gasteiger partial charge in [0.1, 0.15) is 0 Å². The molecule has 0 radical (unpaired) electrons. The van der Waals surface area contributed by atoms with Crippen molar-refractivity contribution in [2.75, 3.05) is 13.1 Å². The molecule has 0 amide bonds. The molecule has 2 nitrogen and oxygen atoms in total. The van der Waals surface area contributed by atoms with Gasteiger partial charge in [-0.25, -0.2) is 0 Å². The summed E-state index contributed by atoms with van der Waals surface area (Å²) in [6.45, 7) is 4.46. The van der Waals surface area contributed by atoms with E-state index in [-0.39, 0.29) is 0 Å². The summed E-state index contributed by atoms with van der Waals surface area (Å²) in [5, 5.41) is 3.49. The number of hydrogen-bond donors (Lipinski definition) is 1. The Kier molecular flexibility index (Phi) is 3.11. The third kappa shape index (κ3) is 2.16. The van der Waals surface area contributed by atoms with Gasteiger partial charge >= 0.3 is 0 Å². The van der Waals surface area contributed by atoms with Crippen LogP contribution in [0, 0.1) is 0 Å². The first kappa shape index (κ1) is 11.4. The summed E-state index contributed by atoms with van der Waals surface area (Å²) in [7, 11) is 0. The highest BCUT2D eigenvalue weighted by Gasteiger charge is 2.15. The Morgan fingerprint density at radius 3 is 3.00 bits per heavy atom. The van der Waals surface area contributed by atoms with E-state index in [1.807, 2.05) is 18.5 Å². The Hall–Kier alpha value is -1.67. The maximum Gasteiger partial charge on any atom is 0.0346 e. The van der Waals surface area contributed by atoms with Crippen LogP contribution >= 0.6 is 0 Å². The summed E-state index contributed by atoms with van der Waals surface area (Å²) in [6.07, 6.45) is 4.88. The van der Waals surface area contributed by atoms with E-state index in [2.05, 4.69) is 41.5 Å². The fourth-order valence-corrected chi connectivity index (χ4v) is 2.65. The number of nitrogens with zero attached hydrogens (tertiary/aromatic N) is 1. The van der Waals surface area contributed by atoms with Gasteiger partial charge in [-0.1, -0.05) is 31.2 Å². The molecule has 3 rings (SSSR count). The molecule has 0 bridgehead atoms. The van der Waals surface area contributed by atoms with Gasteiger partial charge in [-0.15, -0.1) is 0 Å². The van der Waals surface area contributed by atoms with Crippen molar-refractivity contribution >= 4 is 0 Å². The Labute approximate surface area is 108 Å². The van der Waals surface area contributed by atoms with E-state index in [9.17, 15) is 0 Å². The molecule has 0 unspecified atom stereocenters. The maximum atomic E-state index is 4.20. The summed E-state index contributed by atoms with van der Waals surface area (Å²) in [5.41, 5.74) is 5.45. The summed E-state index contributed by atoms with van der Waals surface area (Å²) >= 11 is 0. The average Bonchev–Trinajstić information content (AvgIpc) is 2.62. The highest BCUT2D eigenvalue weighted by Crippen LogP contribution is 2.28. The molecule has 2 heterocycles. The second-order valence-electron chi connectivity index (χ2n) is 5.01. The van der Waals surface area contributed by atoms with E-state index < -0.39 is 0 Å². The molecule has 92 valence electrons. The summed E-state index contributed by atoms with van der Waals surface area (Å²) < 4.78 is 0. The molecule has 1 aromatic heterocycles. The van der Waals surface area contributed by atoms with E-state index in [0.29, 0.717) is 5.92 Å². The van der Waals surface area contributed by atoms with E-state index >= 15 is 0 Å². The van der Waals surface area contributed by atoms with Crippen LogP contribution in [0.25, 0.3) is 11.1 Å². The van der Waals surface area contributed by atoms with Crippen LogP contribution in [0.1, 0.15) is 24.0 Å². The third-order valence-electron chi connectivity index (χ3n) is 3.69. The topological polar surface area (TPSA) is 24.9 Å². The van der Waals surface area contributed by atoms with Crippen molar-refractivity contribution in [3.05, 3.63) is 53.9 Å². The van der Waals surface area contributed by atoms with Crippen LogP contribution in [0.3, 0.4) is 0 Å². The van der Waals surface area contributed by atoms with Crippen LogP contribution in [-0.4, -0.2) is 18.1 Å². The second-order valence-corrected chi connectivity index (χ2v) is 5.01. The number of benzene rings is 1. The highest BCUT2D eigenvalue weighted by molar-refractivity contribution is 5.64. The first-order chi connectivity index (χ1) is 8.84. The smallest absolute Gasteiger partial charge is 0.0346 e. The molecular formula is C16H18N2. The minimum atomic E-state index is 0.583. The lowest BCUT2D eigenvalue weighted by Gasteiger charge is -2.14. The van der Waals surface area contributed by atoms with Crippen LogP contribution in [0.2, 0.25) is 0 Å². The van der Waals surface area contributed by atoms with Gasteiger partial charge in [-0.2, -0.15) is 0 Å². The summed E-state index contributed by atoms with van der Waals surface area (Å²) in [4.78, 5) is 4.20. The Bertz CT molecular complexity index is 534. The van der Waals surface area contributed by atoms with E-state index in [4.69, 9.17) is 0 Å². The van der Waals surface area contributed by atoms with Crippen molar-refractivity contribution in [3.63, 3.8) is 0 Å². The van der Waals surface area contributed by atoms with Crippen molar-refractivity contribution in [1.82, 2.24) is 10.3 Å². The summed E-state index contributed by atoms with van der Waals surface area (Å²) in [5.74, 6) is 0.583. The molecule has 2 heteroatoms. The van der Waals surface area contributed by atoms with Gasteiger partial charge in [0.2, 0.25) is 0 Å². The molecule has 1 N–H and O–H groups in total. The van der Waals surface area contributed by atoms with Crippen molar-refractivity contribution in [2.45, 2.75) is 19.3 Å². The molecule has 0 aliphatic carbocycles. The molecule has 0 saturated carbocycles. The number of hydrogen-bond acceptors (Lipinski definition) is 2. The first-order valence-corrected chi connectivity index (χ1v) is 6.58. The fourth-order valence-electron chi connectivity index (χ4n) is 2.65. The first-order valence-electron chi connectivity index (χ1n) is 6.58. The van der Waals surface area contributed by atoms with Gasteiger partial charge in [0.05, 0.1) is 0 Å². The largest absolute Gasteiger partial charge is 0.316 e. The van der Waals surface area contributed by atoms with E-state index in [0.717, 1.165) is 19.5 Å². The predicted molar refractivity (Wildman–Crippen MR) is 74.7 cm³/mol. The molecule has 1 atom stereocenters. The number of rotatable bonds is 1. The molecule has 0 spiro atoms. The van der Waals surface area contributed by atoms with Crippen molar-refractivity contribution in [2.24, 2.45) is 0 Å². The zero-order valence-electron chi connectivity index (χ0n) is 10.7. The molecule has 18 heavy (non-hydrogen) atoms. The summed E-state index contributed by atoms with van der Waals surface area (Å²) in [6, 6.07) is 10.9. The lowest BCUT2D eigenvalue weighted by Crippen LogP contribution is -2.18. The molecular weight excluding hydrogens is 220 g/mol. The SMILES string of the molecule is C[C@H]1CNCCc2ccc(-c3cccnc3)cc21. The zero-order valence-corrected chi connectivity index (χ0v) is 10.7. The molecule has 2 aromatic rings. The Morgan fingerprint density at radius 2 is 2.17 bits per heavy atom. The highest BCUT2D eigenvalue weighted by atomic mass is 14.9. The number of pyridine rings is 1. The Balaban J connectivity index is 2.04. The van der Waals surface area contributed by atoms with E-state index in [1.54, 1.807) is 0 Å². The minimum Gasteiger partial charge on any atom is -0.316 e. The van der Waals surface area contributed by atoms with Gasteiger partial charge in [0.15, 0.2) is 0 Å². The molecule has 0 fully saturated rings. The molecule has 1 aromatic carbocycles. The lowest BCUT2D eigenvalue weighted by molar-refractivity contribution is 0.644. The molecule has 1 aliphatic rings. The number of nitrogens with one attached hydrogen (secondary N) is 1. The molecule has 0 saturated heterocycles. The van der Waals surface area contributed by atoms with Crippen LogP contribution < -0.4 is 5.32 Å². The fraction of sp³-hybridized carbons (Fsp3) is 0.312. The number of fused-ring (bicyclic) bond motifs is 1. The quantitative estimate of drug-likeness (QED) is 0.826. The Morgan fingerprint density at radius 1 is 1.22 bits per heavy atom. The normalized spacial score (nSPS) is 19.1. The van der Waals surface area contributed by atoms with Crippen LogP contribution in [0.5, 0.6) is 0 Å². The monoisotopic (exact) mass is 238 g/mol. The van der Waals surface area contributed by atoms with Gasteiger partial charge in [-0.3, -0.25) is 4.98 Å². The van der Waals surface area contributed by atoms with Gasteiger partial charge in [0, 0.05) is 18.9 Å².